The van der Waals surface area contributed by atoms with Gasteiger partial charge in [0.2, 0.25) is 0 Å². The first-order valence-electron chi connectivity index (χ1n) is 7.26. The average molecular weight is 262 g/mol. The van der Waals surface area contributed by atoms with Crippen LogP contribution in [0.25, 0.3) is 0 Å². The molecule has 0 unspecified atom stereocenters. The number of hydrogen-bond acceptors (Lipinski definition) is 2. The van der Waals surface area contributed by atoms with Crippen LogP contribution in [0.2, 0.25) is 0 Å². The highest BCUT2D eigenvalue weighted by molar-refractivity contribution is 5.98. The van der Waals surface area contributed by atoms with Crippen molar-refractivity contribution in [2.24, 2.45) is 0 Å². The molecular weight excluding hydrogens is 236 g/mol. The number of carbonyl (C=O) groups excluding carboxylic acids is 1. The van der Waals surface area contributed by atoms with Gasteiger partial charge in [-0.3, -0.25) is 4.79 Å². The first-order chi connectivity index (χ1) is 9.03. The van der Waals surface area contributed by atoms with E-state index in [1.807, 2.05) is 24.3 Å². The molecule has 0 atom stereocenters. The van der Waals surface area contributed by atoms with Crippen LogP contribution in [0.5, 0.6) is 0 Å². The van der Waals surface area contributed by atoms with Gasteiger partial charge in [0.05, 0.1) is 0 Å². The average Bonchev–Trinajstić information content (AvgIpc) is 2.43. The van der Waals surface area contributed by atoms with Crippen LogP contribution in [-0.4, -0.2) is 17.5 Å². The van der Waals surface area contributed by atoms with E-state index in [0.29, 0.717) is 5.56 Å². The maximum Gasteiger partial charge on any atom is 0.188 e. The molecule has 19 heavy (non-hydrogen) atoms. The predicted molar refractivity (Wildman–Crippen MR) is 79.6 cm³/mol. The molecule has 0 aliphatic carbocycles. The van der Waals surface area contributed by atoms with E-state index in [1.165, 1.54) is 25.7 Å². The fraction of sp³-hybridized carbons (Fsp3) is 0.588. The summed E-state index contributed by atoms with van der Waals surface area (Å²) in [6.07, 6.45) is 6.01. The van der Waals surface area contributed by atoms with Gasteiger partial charge < -0.3 is 5.11 Å². The van der Waals surface area contributed by atoms with Gasteiger partial charge in [0.25, 0.3) is 0 Å². The minimum absolute atomic E-state index is 0.0187. The summed E-state index contributed by atoms with van der Waals surface area (Å²) in [6.45, 7) is 6.16. The van der Waals surface area contributed by atoms with Gasteiger partial charge in [-0.1, -0.05) is 70.7 Å². The summed E-state index contributed by atoms with van der Waals surface area (Å²) in [6, 6.07) is 7.67. The summed E-state index contributed by atoms with van der Waals surface area (Å²) < 4.78 is 0. The van der Waals surface area contributed by atoms with E-state index >= 15 is 0 Å². The topological polar surface area (TPSA) is 37.3 Å². The molecule has 0 radical (unpaired) electrons. The Labute approximate surface area is 116 Å². The van der Waals surface area contributed by atoms with Crippen LogP contribution < -0.4 is 0 Å². The second-order valence-electron chi connectivity index (χ2n) is 5.82. The first-order valence-corrected chi connectivity index (χ1v) is 7.26. The van der Waals surface area contributed by atoms with Crippen molar-refractivity contribution in [1.82, 2.24) is 0 Å². The summed E-state index contributed by atoms with van der Waals surface area (Å²) in [5, 5.41) is 9.07. The van der Waals surface area contributed by atoms with Crippen LogP contribution in [0.3, 0.4) is 0 Å². The second kappa shape index (κ2) is 7.44. The predicted octanol–water partition coefficient (Wildman–Crippen LogP) is 4.11. The number of aliphatic hydroxyl groups is 1. The highest BCUT2D eigenvalue weighted by Crippen LogP contribution is 2.32. The Bertz CT molecular complexity index is 407. The highest BCUT2D eigenvalue weighted by atomic mass is 16.3. The number of Topliss-reactive ketones (excluding diaryl/α,β-unsaturated/α-hetero) is 1. The quantitative estimate of drug-likeness (QED) is 0.565. The van der Waals surface area contributed by atoms with E-state index < -0.39 is 6.61 Å². The molecule has 0 saturated heterocycles. The van der Waals surface area contributed by atoms with Gasteiger partial charge in [0.1, 0.15) is 6.61 Å². The molecular formula is C17H26O2. The molecule has 2 nitrogen and oxygen atoms in total. The molecule has 0 heterocycles. The van der Waals surface area contributed by atoms with Crippen molar-refractivity contribution in [2.75, 3.05) is 6.61 Å². The number of carbonyl (C=O) groups is 1. The molecule has 0 bridgehead atoms. The third kappa shape index (κ3) is 4.46. The third-order valence-electron chi connectivity index (χ3n) is 3.76. The lowest BCUT2D eigenvalue weighted by Crippen LogP contribution is -2.22. The second-order valence-corrected chi connectivity index (χ2v) is 5.82. The maximum atomic E-state index is 11.8. The van der Waals surface area contributed by atoms with Crippen LogP contribution >= 0.6 is 0 Å². The normalized spacial score (nSPS) is 11.6. The number of rotatable bonds is 8. The van der Waals surface area contributed by atoms with Crippen LogP contribution in [0.15, 0.2) is 24.3 Å². The SMILES string of the molecule is CCCCCCC(C)(C)c1ccccc1C(=O)CO. The Balaban J connectivity index is 2.84. The molecule has 0 aliphatic heterocycles. The monoisotopic (exact) mass is 262 g/mol. The highest BCUT2D eigenvalue weighted by Gasteiger charge is 2.24. The summed E-state index contributed by atoms with van der Waals surface area (Å²) in [7, 11) is 0. The van der Waals surface area contributed by atoms with E-state index in [-0.39, 0.29) is 11.2 Å². The molecule has 1 aromatic carbocycles. The Morgan fingerprint density at radius 2 is 1.84 bits per heavy atom. The summed E-state index contributed by atoms with van der Waals surface area (Å²) in [5.74, 6) is -0.183. The molecule has 1 N–H and O–H groups in total. The molecule has 0 spiro atoms. The van der Waals surface area contributed by atoms with Gasteiger partial charge >= 0.3 is 0 Å². The fourth-order valence-electron chi connectivity index (χ4n) is 2.53. The van der Waals surface area contributed by atoms with Crippen LogP contribution in [0, 0.1) is 0 Å². The lowest BCUT2D eigenvalue weighted by molar-refractivity contribution is 0.0901. The van der Waals surface area contributed by atoms with Crippen molar-refractivity contribution in [2.45, 2.75) is 58.3 Å². The third-order valence-corrected chi connectivity index (χ3v) is 3.76. The van der Waals surface area contributed by atoms with E-state index in [9.17, 15) is 4.79 Å². The van der Waals surface area contributed by atoms with Crippen molar-refractivity contribution < 1.29 is 9.90 Å². The van der Waals surface area contributed by atoms with Crippen molar-refractivity contribution >= 4 is 5.78 Å². The number of benzene rings is 1. The number of unbranched alkanes of at least 4 members (excludes halogenated alkanes) is 3. The van der Waals surface area contributed by atoms with E-state index in [1.54, 1.807) is 0 Å². The minimum atomic E-state index is -0.414. The van der Waals surface area contributed by atoms with Crippen molar-refractivity contribution in [3.63, 3.8) is 0 Å². The Morgan fingerprint density at radius 1 is 1.16 bits per heavy atom. The zero-order chi connectivity index (χ0) is 14.3. The number of aliphatic hydroxyl groups excluding tert-OH is 1. The zero-order valence-corrected chi connectivity index (χ0v) is 12.4. The number of ketones is 1. The lowest BCUT2D eigenvalue weighted by atomic mass is 9.77. The van der Waals surface area contributed by atoms with Crippen LogP contribution in [0.4, 0.5) is 0 Å². The molecule has 106 valence electrons. The summed E-state index contributed by atoms with van der Waals surface area (Å²) in [4.78, 5) is 11.8. The number of hydrogen-bond donors (Lipinski definition) is 1. The van der Waals surface area contributed by atoms with E-state index in [4.69, 9.17) is 5.11 Å². The van der Waals surface area contributed by atoms with Crippen LogP contribution in [-0.2, 0) is 5.41 Å². The molecule has 0 aliphatic rings. The summed E-state index contributed by atoms with van der Waals surface area (Å²) >= 11 is 0. The molecule has 0 amide bonds. The molecule has 0 fully saturated rings. The Kier molecular flexibility index (Phi) is 6.23. The molecule has 2 heteroatoms. The molecule has 1 rings (SSSR count). The van der Waals surface area contributed by atoms with Gasteiger partial charge in [0, 0.05) is 5.56 Å². The van der Waals surface area contributed by atoms with E-state index in [0.717, 1.165) is 12.0 Å². The van der Waals surface area contributed by atoms with Gasteiger partial charge in [-0.05, 0) is 17.4 Å². The molecule has 0 saturated carbocycles. The van der Waals surface area contributed by atoms with Gasteiger partial charge in [-0.15, -0.1) is 0 Å². The first kappa shape index (κ1) is 15.9. The van der Waals surface area contributed by atoms with Gasteiger partial charge in [-0.2, -0.15) is 0 Å². The van der Waals surface area contributed by atoms with Crippen molar-refractivity contribution in [3.05, 3.63) is 35.4 Å². The van der Waals surface area contributed by atoms with Crippen molar-refractivity contribution in [1.29, 1.82) is 0 Å². The molecule has 0 aromatic heterocycles. The smallest absolute Gasteiger partial charge is 0.188 e. The fourth-order valence-corrected chi connectivity index (χ4v) is 2.53. The lowest BCUT2D eigenvalue weighted by Gasteiger charge is -2.27. The van der Waals surface area contributed by atoms with Crippen molar-refractivity contribution in [3.8, 4) is 0 Å². The van der Waals surface area contributed by atoms with Gasteiger partial charge in [-0.25, -0.2) is 0 Å². The Hall–Kier alpha value is -1.15. The maximum absolute atomic E-state index is 11.8. The van der Waals surface area contributed by atoms with Crippen LogP contribution in [0.1, 0.15) is 68.8 Å². The minimum Gasteiger partial charge on any atom is -0.388 e. The zero-order valence-electron chi connectivity index (χ0n) is 12.4. The standard InChI is InChI=1S/C17H26O2/c1-4-5-6-9-12-17(2,3)15-11-8-7-10-14(15)16(19)13-18/h7-8,10-11,18H,4-6,9,12-13H2,1-3H3. The largest absolute Gasteiger partial charge is 0.388 e. The summed E-state index contributed by atoms with van der Waals surface area (Å²) in [5.41, 5.74) is 1.71. The molecule has 1 aromatic rings. The van der Waals surface area contributed by atoms with Gasteiger partial charge in [0.15, 0.2) is 5.78 Å². The van der Waals surface area contributed by atoms with E-state index in [2.05, 4.69) is 20.8 Å². The Morgan fingerprint density at radius 3 is 2.47 bits per heavy atom.